The molecule has 0 aromatic heterocycles. The van der Waals surface area contributed by atoms with Gasteiger partial charge < -0.3 is 24.8 Å². The van der Waals surface area contributed by atoms with Gasteiger partial charge in [0, 0.05) is 24.0 Å². The molecular formula is C25H28O6. The molecule has 0 saturated carbocycles. The Labute approximate surface area is 182 Å². The Morgan fingerprint density at radius 2 is 1.58 bits per heavy atom. The summed E-state index contributed by atoms with van der Waals surface area (Å²) in [5.41, 5.74) is 2.49. The highest BCUT2D eigenvalue weighted by atomic mass is 16.5. The molecule has 0 atom stereocenters. The lowest BCUT2D eigenvalue weighted by Gasteiger charge is -2.15. The fourth-order valence-corrected chi connectivity index (χ4v) is 2.56. The molecule has 0 amide bonds. The van der Waals surface area contributed by atoms with E-state index in [4.69, 9.17) is 9.47 Å². The van der Waals surface area contributed by atoms with Crippen LogP contribution in [0.5, 0.6) is 28.7 Å². The van der Waals surface area contributed by atoms with Crippen molar-refractivity contribution in [2.75, 3.05) is 13.2 Å². The predicted molar refractivity (Wildman–Crippen MR) is 121 cm³/mol. The van der Waals surface area contributed by atoms with E-state index in [-0.39, 0.29) is 28.6 Å². The maximum Gasteiger partial charge on any atom is 0.203 e. The van der Waals surface area contributed by atoms with Crippen molar-refractivity contribution in [2.24, 2.45) is 0 Å². The highest BCUT2D eigenvalue weighted by molar-refractivity contribution is 6.07. The van der Waals surface area contributed by atoms with Gasteiger partial charge in [0.25, 0.3) is 0 Å². The Kier molecular flexibility index (Phi) is 8.32. The van der Waals surface area contributed by atoms with Crippen LogP contribution in [-0.2, 0) is 0 Å². The Hall–Kier alpha value is -3.67. The average molecular weight is 424 g/mol. The number of rotatable bonds is 11. The number of ether oxygens (including phenoxy) is 2. The summed E-state index contributed by atoms with van der Waals surface area (Å²) in [5, 5.41) is 29.7. The zero-order valence-corrected chi connectivity index (χ0v) is 17.9. The molecule has 0 fully saturated rings. The monoisotopic (exact) mass is 424 g/mol. The van der Waals surface area contributed by atoms with E-state index in [2.05, 4.69) is 13.2 Å². The predicted octanol–water partition coefficient (Wildman–Crippen LogP) is 5.39. The van der Waals surface area contributed by atoms with E-state index >= 15 is 0 Å². The molecule has 0 aliphatic rings. The molecule has 6 heteroatoms. The molecule has 0 aliphatic carbocycles. The van der Waals surface area contributed by atoms with Crippen molar-refractivity contribution in [3.8, 4) is 28.7 Å². The summed E-state index contributed by atoms with van der Waals surface area (Å²) in [5.74, 6) is -0.649. The van der Waals surface area contributed by atoms with Crippen LogP contribution in [0.1, 0.15) is 42.6 Å². The van der Waals surface area contributed by atoms with Crippen LogP contribution in [-0.4, -0.2) is 34.3 Å². The quantitative estimate of drug-likeness (QED) is 0.194. The fraction of sp³-hybridized carbons (Fsp3) is 0.240. The normalized spacial score (nSPS) is 10.8. The molecule has 0 radical (unpaired) electrons. The number of aromatic hydroxyl groups is 3. The van der Waals surface area contributed by atoms with E-state index in [0.717, 1.165) is 11.1 Å². The number of allylic oxidation sites excluding steroid dienone is 1. The molecule has 2 rings (SSSR count). The lowest BCUT2D eigenvalue weighted by atomic mass is 10.1. The number of phenols is 3. The SMILES string of the molecule is C=C(C)CCOc1ccc(C=CC(=O)c2ccc(O)c(O)c2)c(O)c1OCCC(=C)C. The van der Waals surface area contributed by atoms with Crippen LogP contribution in [0.15, 0.2) is 60.7 Å². The van der Waals surface area contributed by atoms with Crippen molar-refractivity contribution in [1.82, 2.24) is 0 Å². The third-order valence-electron chi connectivity index (χ3n) is 4.36. The van der Waals surface area contributed by atoms with Crippen LogP contribution in [0.25, 0.3) is 6.08 Å². The van der Waals surface area contributed by atoms with E-state index in [1.54, 1.807) is 12.1 Å². The highest BCUT2D eigenvalue weighted by Crippen LogP contribution is 2.40. The van der Waals surface area contributed by atoms with Gasteiger partial charge in [0.2, 0.25) is 5.75 Å². The Morgan fingerprint density at radius 1 is 0.935 bits per heavy atom. The topological polar surface area (TPSA) is 96.2 Å². The van der Waals surface area contributed by atoms with Gasteiger partial charge in [-0.05, 0) is 56.3 Å². The molecule has 0 heterocycles. The number of hydrogen-bond acceptors (Lipinski definition) is 6. The second-order valence-corrected chi connectivity index (χ2v) is 7.34. The van der Waals surface area contributed by atoms with Gasteiger partial charge in [-0.1, -0.05) is 11.1 Å². The molecule has 31 heavy (non-hydrogen) atoms. The van der Waals surface area contributed by atoms with Crippen LogP contribution < -0.4 is 9.47 Å². The fourth-order valence-electron chi connectivity index (χ4n) is 2.56. The van der Waals surface area contributed by atoms with Crippen LogP contribution in [0, 0.1) is 0 Å². The number of ketones is 1. The van der Waals surface area contributed by atoms with Gasteiger partial charge in [0.1, 0.15) is 0 Å². The zero-order valence-electron chi connectivity index (χ0n) is 17.9. The van der Waals surface area contributed by atoms with Crippen molar-refractivity contribution in [2.45, 2.75) is 26.7 Å². The molecule has 0 saturated heterocycles. The first kappa shape index (κ1) is 23.6. The average Bonchev–Trinajstić information content (AvgIpc) is 2.70. The molecule has 0 unspecified atom stereocenters. The van der Waals surface area contributed by atoms with Crippen molar-refractivity contribution in [1.29, 1.82) is 0 Å². The molecule has 0 aliphatic heterocycles. The molecule has 3 N–H and O–H groups in total. The third kappa shape index (κ3) is 6.96. The van der Waals surface area contributed by atoms with Crippen LogP contribution >= 0.6 is 0 Å². The standard InChI is InChI=1S/C25H28O6/c1-16(2)11-13-30-23-10-7-18(24(29)25(23)31-14-12-17(3)4)5-8-20(26)19-6-9-21(27)22(28)15-19/h5-10,15,27-29H,1,3,11-14H2,2,4H3. The first-order chi connectivity index (χ1) is 14.7. The molecule has 6 nitrogen and oxygen atoms in total. The minimum absolute atomic E-state index is 0.146. The van der Waals surface area contributed by atoms with Crippen molar-refractivity contribution < 1.29 is 29.6 Å². The minimum Gasteiger partial charge on any atom is -0.504 e. The molecule has 0 spiro atoms. The molecule has 2 aromatic rings. The summed E-state index contributed by atoms with van der Waals surface area (Å²) in [6, 6.07) is 7.09. The number of carbonyl (C=O) groups is 1. The molecule has 2 aromatic carbocycles. The second kappa shape index (κ2) is 10.9. The van der Waals surface area contributed by atoms with Gasteiger partial charge in [-0.3, -0.25) is 4.79 Å². The van der Waals surface area contributed by atoms with E-state index < -0.39 is 5.78 Å². The molecular weight excluding hydrogens is 396 g/mol. The Balaban J connectivity index is 2.26. The third-order valence-corrected chi connectivity index (χ3v) is 4.36. The summed E-state index contributed by atoms with van der Waals surface area (Å²) in [4.78, 5) is 12.4. The number of phenolic OH excluding ortho intramolecular Hbond substituents is 3. The number of benzene rings is 2. The lowest BCUT2D eigenvalue weighted by molar-refractivity contribution is 0.104. The lowest BCUT2D eigenvalue weighted by Crippen LogP contribution is -2.04. The number of carbonyl (C=O) groups excluding carboxylic acids is 1. The van der Waals surface area contributed by atoms with Crippen LogP contribution in [0.2, 0.25) is 0 Å². The maximum absolute atomic E-state index is 12.4. The van der Waals surface area contributed by atoms with Crippen LogP contribution in [0.4, 0.5) is 0 Å². The first-order valence-electron chi connectivity index (χ1n) is 9.83. The van der Waals surface area contributed by atoms with Gasteiger partial charge in [0.15, 0.2) is 28.8 Å². The van der Waals surface area contributed by atoms with Gasteiger partial charge in [0.05, 0.1) is 13.2 Å². The van der Waals surface area contributed by atoms with Gasteiger partial charge in [-0.2, -0.15) is 0 Å². The van der Waals surface area contributed by atoms with E-state index in [9.17, 15) is 20.1 Å². The minimum atomic E-state index is -0.402. The van der Waals surface area contributed by atoms with Crippen molar-refractivity contribution in [3.63, 3.8) is 0 Å². The Bertz CT molecular complexity index is 1000. The van der Waals surface area contributed by atoms with Crippen molar-refractivity contribution >= 4 is 11.9 Å². The molecule has 0 bridgehead atoms. The maximum atomic E-state index is 12.4. The van der Waals surface area contributed by atoms with Gasteiger partial charge >= 0.3 is 0 Å². The summed E-state index contributed by atoms with van der Waals surface area (Å²) in [6.07, 6.45) is 4.00. The summed E-state index contributed by atoms with van der Waals surface area (Å²) < 4.78 is 11.5. The smallest absolute Gasteiger partial charge is 0.203 e. The van der Waals surface area contributed by atoms with Gasteiger partial charge in [-0.25, -0.2) is 0 Å². The second-order valence-electron chi connectivity index (χ2n) is 7.34. The molecule has 164 valence electrons. The first-order valence-corrected chi connectivity index (χ1v) is 9.83. The van der Waals surface area contributed by atoms with E-state index in [1.165, 1.54) is 30.4 Å². The van der Waals surface area contributed by atoms with E-state index in [1.807, 2.05) is 13.8 Å². The van der Waals surface area contributed by atoms with Gasteiger partial charge in [-0.15, -0.1) is 13.2 Å². The zero-order chi connectivity index (χ0) is 23.0. The largest absolute Gasteiger partial charge is 0.504 e. The van der Waals surface area contributed by atoms with Crippen LogP contribution in [0.3, 0.4) is 0 Å². The van der Waals surface area contributed by atoms with E-state index in [0.29, 0.717) is 37.4 Å². The summed E-state index contributed by atoms with van der Waals surface area (Å²) in [7, 11) is 0. The van der Waals surface area contributed by atoms with Crippen molar-refractivity contribution in [3.05, 3.63) is 71.8 Å². The number of hydrogen-bond donors (Lipinski definition) is 3. The summed E-state index contributed by atoms with van der Waals surface area (Å²) in [6.45, 7) is 12.2. The highest BCUT2D eigenvalue weighted by Gasteiger charge is 2.15. The summed E-state index contributed by atoms with van der Waals surface area (Å²) >= 11 is 0. The Morgan fingerprint density at radius 3 is 2.19 bits per heavy atom.